The first kappa shape index (κ1) is 11.8. The Balaban J connectivity index is 2.46. The molecule has 0 atom stereocenters. The average Bonchev–Trinajstić information content (AvgIpc) is 2.21. The van der Waals surface area contributed by atoms with Crippen LogP contribution < -0.4 is 4.74 Å². The lowest BCUT2D eigenvalue weighted by Gasteiger charge is -2.15. The molecule has 0 aliphatic carbocycles. The molecule has 0 saturated carbocycles. The molecule has 1 rings (SSSR count). The van der Waals surface area contributed by atoms with Crippen LogP contribution in [-0.2, 0) is 0 Å². The first-order valence-corrected chi connectivity index (χ1v) is 5.07. The summed E-state index contributed by atoms with van der Waals surface area (Å²) in [5.74, 6) is 0.563. The highest BCUT2D eigenvalue weighted by molar-refractivity contribution is 6.30. The number of aromatic nitrogens is 1. The van der Waals surface area contributed by atoms with Gasteiger partial charge >= 0.3 is 0 Å². The van der Waals surface area contributed by atoms with E-state index in [4.69, 9.17) is 21.6 Å². The zero-order chi connectivity index (χ0) is 11.3. The van der Waals surface area contributed by atoms with Gasteiger partial charge in [-0.3, -0.25) is 0 Å². The number of halogens is 1. The Kier molecular flexibility index (Phi) is 3.93. The lowest BCUT2D eigenvalue weighted by atomic mass is 9.92. The van der Waals surface area contributed by atoms with Crippen LogP contribution in [0.25, 0.3) is 0 Å². The standard InChI is InChI=1S/C11H13ClN2O/c1-11(2,8-13)5-7-15-9-4-3-6-14-10(9)12/h3-4,6H,5,7H2,1-2H3. The predicted octanol–water partition coefficient (Wildman–Crippen LogP) is 3.05. The summed E-state index contributed by atoms with van der Waals surface area (Å²) in [6.45, 7) is 4.22. The van der Waals surface area contributed by atoms with Crippen LogP contribution in [0.1, 0.15) is 20.3 Å². The summed E-state index contributed by atoms with van der Waals surface area (Å²) in [4.78, 5) is 3.89. The van der Waals surface area contributed by atoms with Crippen molar-refractivity contribution < 1.29 is 4.74 Å². The highest BCUT2D eigenvalue weighted by Gasteiger charge is 2.16. The molecule has 3 nitrogen and oxygen atoms in total. The van der Waals surface area contributed by atoms with Crippen molar-refractivity contribution >= 4 is 11.6 Å². The Morgan fingerprint density at radius 1 is 1.60 bits per heavy atom. The third-order valence-corrected chi connectivity index (χ3v) is 2.30. The van der Waals surface area contributed by atoms with Gasteiger partial charge in [0.15, 0.2) is 10.9 Å². The summed E-state index contributed by atoms with van der Waals surface area (Å²) in [7, 11) is 0. The van der Waals surface area contributed by atoms with E-state index in [9.17, 15) is 0 Å². The second-order valence-electron chi connectivity index (χ2n) is 3.89. The Labute approximate surface area is 94.7 Å². The van der Waals surface area contributed by atoms with Crippen molar-refractivity contribution in [3.63, 3.8) is 0 Å². The molecule has 0 bridgehead atoms. The first-order chi connectivity index (χ1) is 7.05. The van der Waals surface area contributed by atoms with Crippen molar-refractivity contribution in [3.8, 4) is 11.8 Å². The van der Waals surface area contributed by atoms with Crippen LogP contribution >= 0.6 is 11.6 Å². The van der Waals surface area contributed by atoms with Crippen molar-refractivity contribution in [2.45, 2.75) is 20.3 Å². The van der Waals surface area contributed by atoms with Crippen LogP contribution in [0.3, 0.4) is 0 Å². The Morgan fingerprint density at radius 2 is 2.33 bits per heavy atom. The van der Waals surface area contributed by atoms with E-state index in [-0.39, 0.29) is 5.41 Å². The zero-order valence-corrected chi connectivity index (χ0v) is 9.58. The maximum Gasteiger partial charge on any atom is 0.171 e. The van der Waals surface area contributed by atoms with Gasteiger partial charge in [0.1, 0.15) is 0 Å². The predicted molar refractivity (Wildman–Crippen MR) is 58.8 cm³/mol. The molecule has 1 aromatic rings. The molecular formula is C11H13ClN2O. The average molecular weight is 225 g/mol. The quantitative estimate of drug-likeness (QED) is 0.739. The number of hydrogen-bond donors (Lipinski definition) is 0. The molecule has 1 heterocycles. The molecule has 0 unspecified atom stereocenters. The fourth-order valence-corrected chi connectivity index (χ4v) is 1.12. The fourth-order valence-electron chi connectivity index (χ4n) is 0.951. The van der Waals surface area contributed by atoms with Crippen LogP contribution in [0, 0.1) is 16.7 Å². The van der Waals surface area contributed by atoms with Crippen molar-refractivity contribution in [1.29, 1.82) is 5.26 Å². The van der Waals surface area contributed by atoms with E-state index >= 15 is 0 Å². The molecule has 1 aromatic heterocycles. The molecule has 0 amide bonds. The summed E-state index contributed by atoms with van der Waals surface area (Å²) in [5.41, 5.74) is -0.366. The number of nitrogens with zero attached hydrogens (tertiary/aromatic N) is 2. The topological polar surface area (TPSA) is 45.9 Å². The van der Waals surface area contributed by atoms with Crippen LogP contribution in [0.15, 0.2) is 18.3 Å². The van der Waals surface area contributed by atoms with Gasteiger partial charge in [-0.15, -0.1) is 0 Å². The monoisotopic (exact) mass is 224 g/mol. The number of rotatable bonds is 4. The maximum atomic E-state index is 8.80. The van der Waals surface area contributed by atoms with Crippen molar-refractivity contribution in [3.05, 3.63) is 23.5 Å². The van der Waals surface area contributed by atoms with E-state index in [1.165, 1.54) is 0 Å². The first-order valence-electron chi connectivity index (χ1n) is 4.70. The van der Waals surface area contributed by atoms with Gasteiger partial charge < -0.3 is 4.74 Å². The molecule has 0 aliphatic heterocycles. The molecule has 0 radical (unpaired) electrons. The highest BCUT2D eigenvalue weighted by Crippen LogP contribution is 2.23. The second kappa shape index (κ2) is 4.99. The molecule has 0 saturated heterocycles. The Bertz CT molecular complexity index is 371. The summed E-state index contributed by atoms with van der Waals surface area (Å²) in [6, 6.07) is 5.73. The number of ether oxygens (including phenoxy) is 1. The molecular weight excluding hydrogens is 212 g/mol. The lowest BCUT2D eigenvalue weighted by molar-refractivity contribution is 0.264. The van der Waals surface area contributed by atoms with E-state index in [0.717, 1.165) is 0 Å². The Morgan fingerprint density at radius 3 is 2.93 bits per heavy atom. The van der Waals surface area contributed by atoms with Crippen LogP contribution in [0.2, 0.25) is 5.15 Å². The van der Waals surface area contributed by atoms with Gasteiger partial charge in [-0.25, -0.2) is 4.98 Å². The lowest BCUT2D eigenvalue weighted by Crippen LogP contribution is -2.13. The maximum absolute atomic E-state index is 8.80. The van der Waals surface area contributed by atoms with Crippen LogP contribution in [0.5, 0.6) is 5.75 Å². The fraction of sp³-hybridized carbons (Fsp3) is 0.455. The summed E-state index contributed by atoms with van der Waals surface area (Å²) in [6.07, 6.45) is 2.27. The normalized spacial score (nSPS) is 10.8. The van der Waals surface area contributed by atoms with E-state index in [1.807, 2.05) is 13.8 Å². The van der Waals surface area contributed by atoms with Gasteiger partial charge in [-0.1, -0.05) is 11.6 Å². The molecule has 0 spiro atoms. The largest absolute Gasteiger partial charge is 0.490 e. The summed E-state index contributed by atoms with van der Waals surface area (Å²) in [5, 5.41) is 9.16. The van der Waals surface area contributed by atoms with Crippen LogP contribution in [0.4, 0.5) is 0 Å². The molecule has 0 aliphatic rings. The second-order valence-corrected chi connectivity index (χ2v) is 4.24. The minimum absolute atomic E-state index is 0.354. The van der Waals surface area contributed by atoms with E-state index in [1.54, 1.807) is 18.3 Å². The van der Waals surface area contributed by atoms with Gasteiger partial charge in [-0.05, 0) is 32.4 Å². The molecule has 0 fully saturated rings. The molecule has 4 heteroatoms. The number of nitriles is 1. The Hall–Kier alpha value is -1.27. The SMILES string of the molecule is CC(C)(C#N)CCOc1cccnc1Cl. The molecule has 15 heavy (non-hydrogen) atoms. The third kappa shape index (κ3) is 3.77. The highest BCUT2D eigenvalue weighted by atomic mass is 35.5. The number of hydrogen-bond acceptors (Lipinski definition) is 3. The molecule has 80 valence electrons. The zero-order valence-electron chi connectivity index (χ0n) is 8.83. The summed E-state index contributed by atoms with van der Waals surface area (Å²) < 4.78 is 5.43. The number of pyridine rings is 1. The molecule has 0 aromatic carbocycles. The van der Waals surface area contributed by atoms with Gasteiger partial charge in [-0.2, -0.15) is 5.26 Å². The van der Waals surface area contributed by atoms with Crippen molar-refractivity contribution in [2.75, 3.05) is 6.61 Å². The third-order valence-electron chi connectivity index (χ3n) is 2.01. The van der Waals surface area contributed by atoms with Crippen molar-refractivity contribution in [2.24, 2.45) is 5.41 Å². The van der Waals surface area contributed by atoms with Crippen LogP contribution in [-0.4, -0.2) is 11.6 Å². The molecule has 0 N–H and O–H groups in total. The minimum Gasteiger partial charge on any atom is -0.490 e. The van der Waals surface area contributed by atoms with E-state index in [2.05, 4.69) is 11.1 Å². The van der Waals surface area contributed by atoms with Crippen molar-refractivity contribution in [1.82, 2.24) is 4.98 Å². The minimum atomic E-state index is -0.366. The van der Waals surface area contributed by atoms with Gasteiger partial charge in [0.25, 0.3) is 0 Å². The van der Waals surface area contributed by atoms with E-state index < -0.39 is 0 Å². The van der Waals surface area contributed by atoms with Gasteiger partial charge in [0.05, 0.1) is 18.1 Å². The van der Waals surface area contributed by atoms with E-state index in [0.29, 0.717) is 23.9 Å². The van der Waals surface area contributed by atoms with Gasteiger partial charge in [0, 0.05) is 6.20 Å². The smallest absolute Gasteiger partial charge is 0.171 e. The van der Waals surface area contributed by atoms with Gasteiger partial charge in [0.2, 0.25) is 0 Å². The summed E-state index contributed by atoms with van der Waals surface area (Å²) >= 11 is 5.81.